The van der Waals surface area contributed by atoms with Gasteiger partial charge in [-0.05, 0) is 51.0 Å². The number of halogens is 2. The number of anilines is 1. The van der Waals surface area contributed by atoms with Gasteiger partial charge < -0.3 is 15.0 Å². The third kappa shape index (κ3) is 8.25. The highest BCUT2D eigenvalue weighted by atomic mass is 35.5. The van der Waals surface area contributed by atoms with Crippen LogP contribution in [0.2, 0.25) is 10.0 Å². The van der Waals surface area contributed by atoms with Crippen LogP contribution in [0.15, 0.2) is 42.5 Å². The Kier molecular flexibility index (Phi) is 11.5. The number of hydrogen-bond donors (Lipinski definition) is 1. The number of amides is 2. The van der Waals surface area contributed by atoms with Crippen LogP contribution in [0.3, 0.4) is 0 Å². The van der Waals surface area contributed by atoms with Gasteiger partial charge in [0.25, 0.3) is 0 Å². The quantitative estimate of drug-likeness (QED) is 0.369. The van der Waals surface area contributed by atoms with Crippen LogP contribution in [-0.2, 0) is 26.2 Å². The number of rotatable bonds is 13. The van der Waals surface area contributed by atoms with Crippen molar-refractivity contribution in [1.82, 2.24) is 10.2 Å². The van der Waals surface area contributed by atoms with Gasteiger partial charge in [0, 0.05) is 28.2 Å². The Morgan fingerprint density at radius 3 is 2.16 bits per heavy atom. The van der Waals surface area contributed by atoms with E-state index in [1.807, 2.05) is 13.8 Å². The molecule has 2 rings (SSSR count). The standard InChI is InChI=1S/C26H35Cl2N3O5S/c1-6-18(4)29-26(33)22(7-2)30(16-19-20(27)12-11-13-21(19)28)25(32)17-31(37(5,34)35)23-14-9-10-15-24(23)36-8-3/h9-15,18,22H,6-8,16-17H2,1-5H3,(H,29,33)/t18-,22-/m0/s1. The molecule has 0 bridgehead atoms. The lowest BCUT2D eigenvalue weighted by Gasteiger charge is -2.34. The molecule has 0 fully saturated rings. The second kappa shape index (κ2) is 13.9. The number of benzene rings is 2. The van der Waals surface area contributed by atoms with E-state index >= 15 is 0 Å². The molecule has 37 heavy (non-hydrogen) atoms. The number of ether oxygens (including phenoxy) is 1. The molecule has 0 radical (unpaired) electrons. The third-order valence-corrected chi connectivity index (χ3v) is 7.72. The Labute approximate surface area is 229 Å². The first-order valence-corrected chi connectivity index (χ1v) is 14.8. The van der Waals surface area contributed by atoms with E-state index in [1.165, 1.54) is 4.90 Å². The Morgan fingerprint density at radius 2 is 1.62 bits per heavy atom. The number of nitrogens with one attached hydrogen (secondary N) is 1. The van der Waals surface area contributed by atoms with Crippen LogP contribution < -0.4 is 14.4 Å². The molecule has 2 aromatic carbocycles. The maximum Gasteiger partial charge on any atom is 0.244 e. The van der Waals surface area contributed by atoms with E-state index < -0.39 is 28.5 Å². The van der Waals surface area contributed by atoms with E-state index in [1.54, 1.807) is 56.3 Å². The molecule has 2 aromatic rings. The van der Waals surface area contributed by atoms with Gasteiger partial charge in [0.1, 0.15) is 18.3 Å². The smallest absolute Gasteiger partial charge is 0.244 e. The number of para-hydroxylation sites is 2. The molecule has 204 valence electrons. The maximum absolute atomic E-state index is 13.8. The number of sulfonamides is 1. The fourth-order valence-corrected chi connectivity index (χ4v) is 5.12. The zero-order valence-corrected chi connectivity index (χ0v) is 24.2. The van der Waals surface area contributed by atoms with E-state index in [0.717, 1.165) is 10.6 Å². The molecule has 0 saturated heterocycles. The summed E-state index contributed by atoms with van der Waals surface area (Å²) in [5.74, 6) is -0.599. The second-order valence-corrected chi connectivity index (χ2v) is 11.4. The summed E-state index contributed by atoms with van der Waals surface area (Å²) in [6.07, 6.45) is 2.03. The molecule has 2 atom stereocenters. The highest BCUT2D eigenvalue weighted by molar-refractivity contribution is 7.92. The van der Waals surface area contributed by atoms with Crippen molar-refractivity contribution in [2.24, 2.45) is 0 Å². The Morgan fingerprint density at radius 1 is 1.00 bits per heavy atom. The zero-order valence-electron chi connectivity index (χ0n) is 21.8. The molecular formula is C26H35Cl2N3O5S. The van der Waals surface area contributed by atoms with Crippen LogP contribution in [-0.4, -0.2) is 56.6 Å². The average molecular weight is 573 g/mol. The van der Waals surface area contributed by atoms with Crippen LogP contribution >= 0.6 is 23.2 Å². The van der Waals surface area contributed by atoms with Gasteiger partial charge in [-0.15, -0.1) is 0 Å². The molecule has 0 aliphatic heterocycles. The van der Waals surface area contributed by atoms with Crippen molar-refractivity contribution >= 4 is 50.7 Å². The number of carbonyl (C=O) groups excluding carboxylic acids is 2. The predicted molar refractivity (Wildman–Crippen MR) is 149 cm³/mol. The minimum absolute atomic E-state index is 0.0749. The maximum atomic E-state index is 13.8. The van der Waals surface area contributed by atoms with Crippen molar-refractivity contribution in [3.8, 4) is 5.75 Å². The molecular weight excluding hydrogens is 537 g/mol. The average Bonchev–Trinajstić information content (AvgIpc) is 2.84. The first kappa shape index (κ1) is 30.7. The Balaban J connectivity index is 2.55. The van der Waals surface area contributed by atoms with Crippen molar-refractivity contribution in [2.45, 2.75) is 59.2 Å². The molecule has 0 spiro atoms. The van der Waals surface area contributed by atoms with Crippen molar-refractivity contribution in [2.75, 3.05) is 23.7 Å². The number of hydrogen-bond acceptors (Lipinski definition) is 5. The van der Waals surface area contributed by atoms with Gasteiger partial charge in [0.2, 0.25) is 21.8 Å². The first-order valence-electron chi connectivity index (χ1n) is 12.2. The molecule has 8 nitrogen and oxygen atoms in total. The highest BCUT2D eigenvalue weighted by Crippen LogP contribution is 2.31. The van der Waals surface area contributed by atoms with Gasteiger partial charge in [-0.3, -0.25) is 13.9 Å². The number of carbonyl (C=O) groups is 2. The molecule has 0 heterocycles. The minimum Gasteiger partial charge on any atom is -0.492 e. The molecule has 11 heteroatoms. The van der Waals surface area contributed by atoms with Crippen molar-refractivity contribution in [1.29, 1.82) is 0 Å². The molecule has 0 aliphatic carbocycles. The summed E-state index contributed by atoms with van der Waals surface area (Å²) in [5.41, 5.74) is 0.697. The summed E-state index contributed by atoms with van der Waals surface area (Å²) in [4.78, 5) is 28.4. The van der Waals surface area contributed by atoms with Crippen LogP contribution in [0.1, 0.15) is 46.1 Å². The van der Waals surface area contributed by atoms with Crippen LogP contribution in [0.25, 0.3) is 0 Å². The monoisotopic (exact) mass is 571 g/mol. The molecule has 0 aromatic heterocycles. The van der Waals surface area contributed by atoms with Crippen LogP contribution in [0.4, 0.5) is 5.69 Å². The van der Waals surface area contributed by atoms with E-state index in [2.05, 4.69) is 5.32 Å². The second-order valence-electron chi connectivity index (χ2n) is 8.63. The fraction of sp³-hybridized carbons (Fsp3) is 0.462. The molecule has 1 N–H and O–H groups in total. The van der Waals surface area contributed by atoms with Crippen LogP contribution in [0.5, 0.6) is 5.75 Å². The summed E-state index contributed by atoms with van der Waals surface area (Å²) in [5, 5.41) is 3.60. The van der Waals surface area contributed by atoms with Gasteiger partial charge >= 0.3 is 0 Å². The van der Waals surface area contributed by atoms with E-state index in [0.29, 0.717) is 40.8 Å². The predicted octanol–water partition coefficient (Wildman–Crippen LogP) is 4.88. The third-order valence-electron chi connectivity index (χ3n) is 5.89. The summed E-state index contributed by atoms with van der Waals surface area (Å²) >= 11 is 12.8. The Bertz CT molecular complexity index is 1170. The normalized spacial score (nSPS) is 12.9. The topological polar surface area (TPSA) is 96.0 Å². The van der Waals surface area contributed by atoms with E-state index in [-0.39, 0.29) is 24.2 Å². The lowest BCUT2D eigenvalue weighted by molar-refractivity contribution is -0.140. The molecule has 2 amide bonds. The number of nitrogens with zero attached hydrogens (tertiary/aromatic N) is 2. The fourth-order valence-electron chi connectivity index (χ4n) is 3.75. The van der Waals surface area contributed by atoms with Crippen LogP contribution in [0, 0.1) is 0 Å². The SMILES string of the molecule is CCOc1ccccc1N(CC(=O)N(Cc1c(Cl)cccc1Cl)[C@@H](CC)C(=O)N[C@@H](C)CC)S(C)(=O)=O. The van der Waals surface area contributed by atoms with Gasteiger partial charge in [-0.25, -0.2) is 8.42 Å². The summed E-state index contributed by atoms with van der Waals surface area (Å²) in [6, 6.07) is 10.6. The highest BCUT2D eigenvalue weighted by Gasteiger charge is 2.33. The Hall–Kier alpha value is -2.49. The lowest BCUT2D eigenvalue weighted by Crippen LogP contribution is -2.53. The van der Waals surface area contributed by atoms with Gasteiger partial charge in [-0.1, -0.05) is 55.2 Å². The van der Waals surface area contributed by atoms with E-state index in [4.69, 9.17) is 27.9 Å². The van der Waals surface area contributed by atoms with E-state index in [9.17, 15) is 18.0 Å². The largest absolute Gasteiger partial charge is 0.492 e. The first-order chi connectivity index (χ1) is 17.4. The summed E-state index contributed by atoms with van der Waals surface area (Å²) in [6.45, 7) is 7.08. The molecule has 0 saturated carbocycles. The van der Waals surface area contributed by atoms with Gasteiger partial charge in [0.05, 0.1) is 18.6 Å². The lowest BCUT2D eigenvalue weighted by atomic mass is 10.1. The molecule has 0 unspecified atom stereocenters. The minimum atomic E-state index is -3.90. The molecule has 0 aliphatic rings. The summed E-state index contributed by atoms with van der Waals surface area (Å²) in [7, 11) is -3.90. The van der Waals surface area contributed by atoms with Gasteiger partial charge in [-0.2, -0.15) is 0 Å². The van der Waals surface area contributed by atoms with Crippen molar-refractivity contribution in [3.05, 3.63) is 58.1 Å². The summed E-state index contributed by atoms with van der Waals surface area (Å²) < 4.78 is 32.3. The zero-order chi connectivity index (χ0) is 27.8. The van der Waals surface area contributed by atoms with Crippen molar-refractivity contribution < 1.29 is 22.7 Å². The van der Waals surface area contributed by atoms with Crippen molar-refractivity contribution in [3.63, 3.8) is 0 Å². The van der Waals surface area contributed by atoms with Gasteiger partial charge in [0.15, 0.2) is 0 Å².